The van der Waals surface area contributed by atoms with Gasteiger partial charge in [0.25, 0.3) is 0 Å². The van der Waals surface area contributed by atoms with Crippen LogP contribution in [-0.2, 0) is 4.74 Å². The SMILES string of the molecule is COC(=O)Nc1ccc2nc(-c3ccccc3)cn2c1. The van der Waals surface area contributed by atoms with E-state index < -0.39 is 6.09 Å². The standard InChI is InChI=1S/C15H13N3O2/c1-20-15(19)16-12-7-8-14-17-13(10-18(14)9-12)11-5-3-2-4-6-11/h2-10H,1H3,(H,16,19). The van der Waals surface area contributed by atoms with Crippen LogP contribution in [0.3, 0.4) is 0 Å². The van der Waals surface area contributed by atoms with Crippen LogP contribution in [0.25, 0.3) is 16.9 Å². The van der Waals surface area contributed by atoms with Crippen molar-refractivity contribution in [1.82, 2.24) is 9.38 Å². The van der Waals surface area contributed by atoms with Crippen LogP contribution in [-0.4, -0.2) is 22.6 Å². The maximum atomic E-state index is 11.2. The lowest BCUT2D eigenvalue weighted by molar-refractivity contribution is 0.187. The van der Waals surface area contributed by atoms with Crippen LogP contribution in [0.1, 0.15) is 0 Å². The topological polar surface area (TPSA) is 55.6 Å². The van der Waals surface area contributed by atoms with Gasteiger partial charge in [-0.25, -0.2) is 9.78 Å². The molecule has 0 saturated carbocycles. The molecule has 0 saturated heterocycles. The summed E-state index contributed by atoms with van der Waals surface area (Å²) in [5, 5.41) is 2.62. The van der Waals surface area contributed by atoms with Gasteiger partial charge in [0.15, 0.2) is 0 Å². The van der Waals surface area contributed by atoms with E-state index in [1.165, 1.54) is 7.11 Å². The number of carbonyl (C=O) groups is 1. The zero-order valence-electron chi connectivity index (χ0n) is 10.9. The molecular weight excluding hydrogens is 254 g/mol. The number of imidazole rings is 1. The Morgan fingerprint density at radius 3 is 2.70 bits per heavy atom. The second-order valence-electron chi connectivity index (χ2n) is 4.29. The van der Waals surface area contributed by atoms with Gasteiger partial charge in [0.05, 0.1) is 18.5 Å². The minimum absolute atomic E-state index is 0.493. The Morgan fingerprint density at radius 1 is 1.15 bits per heavy atom. The zero-order chi connectivity index (χ0) is 13.9. The van der Waals surface area contributed by atoms with Crippen LogP contribution in [0.2, 0.25) is 0 Å². The molecule has 0 aliphatic rings. The Bertz CT molecular complexity index is 750. The van der Waals surface area contributed by atoms with Gasteiger partial charge in [-0.1, -0.05) is 30.3 Å². The molecule has 1 N–H and O–H groups in total. The third-order valence-electron chi connectivity index (χ3n) is 2.95. The van der Waals surface area contributed by atoms with E-state index in [0.717, 1.165) is 16.9 Å². The number of anilines is 1. The Hall–Kier alpha value is -2.82. The summed E-state index contributed by atoms with van der Waals surface area (Å²) in [6.45, 7) is 0. The summed E-state index contributed by atoms with van der Waals surface area (Å²) in [6.07, 6.45) is 3.23. The first-order valence-electron chi connectivity index (χ1n) is 6.15. The van der Waals surface area contributed by atoms with Gasteiger partial charge in [0.1, 0.15) is 5.65 Å². The van der Waals surface area contributed by atoms with Crippen molar-refractivity contribution in [1.29, 1.82) is 0 Å². The lowest BCUT2D eigenvalue weighted by Gasteiger charge is -2.03. The number of nitrogens with one attached hydrogen (secondary N) is 1. The van der Waals surface area contributed by atoms with E-state index in [1.807, 2.05) is 47.0 Å². The third kappa shape index (κ3) is 2.33. The Kier molecular flexibility index (Phi) is 3.09. The van der Waals surface area contributed by atoms with E-state index in [-0.39, 0.29) is 0 Å². The molecule has 2 heterocycles. The molecule has 20 heavy (non-hydrogen) atoms. The number of hydrogen-bond donors (Lipinski definition) is 1. The van der Waals surface area contributed by atoms with Crippen LogP contribution in [0, 0.1) is 0 Å². The predicted octanol–water partition coefficient (Wildman–Crippen LogP) is 3.18. The summed E-state index contributed by atoms with van der Waals surface area (Å²) in [7, 11) is 1.33. The van der Waals surface area contributed by atoms with E-state index in [0.29, 0.717) is 5.69 Å². The van der Waals surface area contributed by atoms with Crippen molar-refractivity contribution in [2.45, 2.75) is 0 Å². The normalized spacial score (nSPS) is 10.4. The summed E-state index contributed by atoms with van der Waals surface area (Å²) in [4.78, 5) is 15.7. The molecule has 3 rings (SSSR count). The fourth-order valence-corrected chi connectivity index (χ4v) is 1.98. The second-order valence-corrected chi connectivity index (χ2v) is 4.29. The van der Waals surface area contributed by atoms with Crippen molar-refractivity contribution in [2.75, 3.05) is 12.4 Å². The number of rotatable bonds is 2. The number of nitrogens with zero attached hydrogens (tertiary/aromatic N) is 2. The number of fused-ring (bicyclic) bond motifs is 1. The van der Waals surface area contributed by atoms with Crippen LogP contribution in [0.15, 0.2) is 54.9 Å². The number of benzene rings is 1. The van der Waals surface area contributed by atoms with Crippen LogP contribution in [0.4, 0.5) is 10.5 Å². The molecular formula is C15H13N3O2. The molecule has 0 fully saturated rings. The van der Waals surface area contributed by atoms with E-state index >= 15 is 0 Å². The number of amides is 1. The van der Waals surface area contributed by atoms with E-state index in [1.54, 1.807) is 12.3 Å². The maximum Gasteiger partial charge on any atom is 0.411 e. The Balaban J connectivity index is 1.97. The number of ether oxygens (including phenoxy) is 1. The number of carbonyl (C=O) groups excluding carboxylic acids is 1. The van der Waals surface area contributed by atoms with Gasteiger partial charge in [-0.2, -0.15) is 0 Å². The van der Waals surface area contributed by atoms with Gasteiger partial charge in [-0.15, -0.1) is 0 Å². The molecule has 0 unspecified atom stereocenters. The highest BCUT2D eigenvalue weighted by molar-refractivity contribution is 5.84. The number of pyridine rings is 1. The highest BCUT2D eigenvalue weighted by Gasteiger charge is 2.06. The van der Waals surface area contributed by atoms with Gasteiger partial charge in [-0.3, -0.25) is 5.32 Å². The largest absolute Gasteiger partial charge is 0.453 e. The van der Waals surface area contributed by atoms with Crippen molar-refractivity contribution < 1.29 is 9.53 Å². The molecule has 0 atom stereocenters. The molecule has 5 heteroatoms. The fourth-order valence-electron chi connectivity index (χ4n) is 1.98. The predicted molar refractivity (Wildman–Crippen MR) is 76.7 cm³/mol. The second kappa shape index (κ2) is 5.05. The van der Waals surface area contributed by atoms with Gasteiger partial charge >= 0.3 is 6.09 Å². The smallest absolute Gasteiger partial charge is 0.411 e. The summed E-state index contributed by atoms with van der Waals surface area (Å²) in [5.41, 5.74) is 3.42. The van der Waals surface area contributed by atoms with Crippen LogP contribution in [0.5, 0.6) is 0 Å². The summed E-state index contributed by atoms with van der Waals surface area (Å²) < 4.78 is 6.43. The first kappa shape index (κ1) is 12.2. The third-order valence-corrected chi connectivity index (χ3v) is 2.95. The Morgan fingerprint density at radius 2 is 1.95 bits per heavy atom. The quantitative estimate of drug-likeness (QED) is 0.775. The lowest BCUT2D eigenvalue weighted by Crippen LogP contribution is -2.11. The number of hydrogen-bond acceptors (Lipinski definition) is 3. The van der Waals surface area contributed by atoms with Crippen LogP contribution >= 0.6 is 0 Å². The average molecular weight is 267 g/mol. The van der Waals surface area contributed by atoms with Gasteiger partial charge in [0.2, 0.25) is 0 Å². The summed E-state index contributed by atoms with van der Waals surface area (Å²) >= 11 is 0. The summed E-state index contributed by atoms with van der Waals surface area (Å²) in [5.74, 6) is 0. The Labute approximate surface area is 115 Å². The highest BCUT2D eigenvalue weighted by atomic mass is 16.5. The van der Waals surface area contributed by atoms with Gasteiger partial charge in [0, 0.05) is 18.0 Å². The molecule has 2 aromatic heterocycles. The van der Waals surface area contributed by atoms with E-state index in [2.05, 4.69) is 15.0 Å². The lowest BCUT2D eigenvalue weighted by atomic mass is 10.2. The maximum absolute atomic E-state index is 11.2. The zero-order valence-corrected chi connectivity index (χ0v) is 10.9. The molecule has 0 aliphatic carbocycles. The van der Waals surface area contributed by atoms with Crippen molar-refractivity contribution in [3.63, 3.8) is 0 Å². The molecule has 0 spiro atoms. The molecule has 100 valence electrons. The average Bonchev–Trinajstić information content (AvgIpc) is 2.91. The fraction of sp³-hybridized carbons (Fsp3) is 0.0667. The highest BCUT2D eigenvalue weighted by Crippen LogP contribution is 2.20. The molecule has 1 aromatic carbocycles. The van der Waals surface area contributed by atoms with Crippen molar-refractivity contribution in [2.24, 2.45) is 0 Å². The first-order valence-corrected chi connectivity index (χ1v) is 6.15. The minimum atomic E-state index is -0.493. The van der Waals surface area contributed by atoms with E-state index in [9.17, 15) is 4.79 Å². The van der Waals surface area contributed by atoms with Crippen molar-refractivity contribution in [3.05, 3.63) is 54.9 Å². The number of aromatic nitrogens is 2. The summed E-state index contributed by atoms with van der Waals surface area (Å²) in [6, 6.07) is 13.6. The number of methoxy groups -OCH3 is 1. The molecule has 1 amide bonds. The molecule has 0 aliphatic heterocycles. The van der Waals surface area contributed by atoms with Gasteiger partial charge < -0.3 is 9.14 Å². The first-order chi connectivity index (χ1) is 9.76. The molecule has 5 nitrogen and oxygen atoms in total. The molecule has 3 aromatic rings. The monoisotopic (exact) mass is 267 g/mol. The van der Waals surface area contributed by atoms with Crippen molar-refractivity contribution in [3.8, 4) is 11.3 Å². The van der Waals surface area contributed by atoms with E-state index in [4.69, 9.17) is 0 Å². The molecule has 0 radical (unpaired) electrons. The minimum Gasteiger partial charge on any atom is -0.453 e. The van der Waals surface area contributed by atoms with Crippen molar-refractivity contribution >= 4 is 17.4 Å². The van der Waals surface area contributed by atoms with Crippen LogP contribution < -0.4 is 5.32 Å². The molecule has 0 bridgehead atoms. The van der Waals surface area contributed by atoms with Gasteiger partial charge in [-0.05, 0) is 12.1 Å².